The van der Waals surface area contributed by atoms with Gasteiger partial charge in [0.2, 0.25) is 0 Å². The zero-order chi connectivity index (χ0) is 19.2. The van der Waals surface area contributed by atoms with E-state index in [0.717, 1.165) is 24.2 Å². The third-order valence-corrected chi connectivity index (χ3v) is 6.23. The van der Waals surface area contributed by atoms with Gasteiger partial charge in [0.15, 0.2) is 0 Å². The van der Waals surface area contributed by atoms with Crippen LogP contribution in [-0.4, -0.2) is 24.0 Å². The minimum atomic E-state index is -0.924. The maximum absolute atomic E-state index is 11.4. The Labute approximate surface area is 161 Å². The molecular formula is C17H23N3O4S2. The van der Waals surface area contributed by atoms with Crippen LogP contribution in [0.25, 0.3) is 10.4 Å². The molecule has 0 aliphatic carbocycles. The number of hydrogen-bond acceptors (Lipinski definition) is 7. The number of nitrogens with zero attached hydrogens (tertiary/aromatic N) is 3. The lowest BCUT2D eigenvalue weighted by atomic mass is 10.1. The molecule has 0 N–H and O–H groups in total. The molecule has 0 aliphatic rings. The molecule has 0 aliphatic heterocycles. The number of benzene rings is 1. The summed E-state index contributed by atoms with van der Waals surface area (Å²) >= 11 is 0. The number of carbonyl (C=O) groups is 2. The molecule has 1 unspecified atom stereocenters. The van der Waals surface area contributed by atoms with Gasteiger partial charge >= 0.3 is 12.1 Å². The van der Waals surface area contributed by atoms with Gasteiger partial charge in [0, 0.05) is 27.2 Å². The monoisotopic (exact) mass is 397 g/mol. The smallest absolute Gasteiger partial charge is 0.434 e. The summed E-state index contributed by atoms with van der Waals surface area (Å²) in [5, 5.41) is 4.02. The quantitative estimate of drug-likeness (QED) is 0.0813. The van der Waals surface area contributed by atoms with Gasteiger partial charge < -0.3 is 9.47 Å². The highest BCUT2D eigenvalue weighted by molar-refractivity contribution is 8.76. The molecule has 0 saturated carbocycles. The number of azide groups is 1. The van der Waals surface area contributed by atoms with E-state index in [4.69, 9.17) is 5.53 Å². The Bertz CT molecular complexity index is 619. The van der Waals surface area contributed by atoms with Crippen molar-refractivity contribution in [1.82, 2.24) is 0 Å². The average Bonchev–Trinajstić information content (AvgIpc) is 2.61. The Morgan fingerprint density at radius 1 is 1.23 bits per heavy atom. The third-order valence-electron chi connectivity index (χ3n) is 3.26. The van der Waals surface area contributed by atoms with Gasteiger partial charge in [-0.25, -0.2) is 4.79 Å². The van der Waals surface area contributed by atoms with E-state index >= 15 is 0 Å². The van der Waals surface area contributed by atoms with Crippen molar-refractivity contribution in [2.24, 2.45) is 5.11 Å². The Morgan fingerprint density at radius 3 is 2.62 bits per heavy atom. The lowest BCUT2D eigenvalue weighted by Gasteiger charge is -2.10. The van der Waals surface area contributed by atoms with E-state index in [1.807, 2.05) is 12.1 Å². The van der Waals surface area contributed by atoms with E-state index in [9.17, 15) is 9.59 Å². The normalized spacial score (nSPS) is 11.3. The molecule has 26 heavy (non-hydrogen) atoms. The lowest BCUT2D eigenvalue weighted by molar-refractivity contribution is -0.139. The second kappa shape index (κ2) is 13.4. The molecule has 0 saturated heterocycles. The molecule has 1 aromatic rings. The summed E-state index contributed by atoms with van der Waals surface area (Å²) < 4.78 is 9.04. The van der Waals surface area contributed by atoms with Crippen molar-refractivity contribution >= 4 is 39.4 Å². The van der Waals surface area contributed by atoms with Crippen molar-refractivity contribution in [3.05, 3.63) is 34.7 Å². The molecule has 9 heteroatoms. The number of rotatable bonds is 11. The first-order valence-corrected chi connectivity index (χ1v) is 10.6. The molecule has 1 rings (SSSR count). The Morgan fingerprint density at radius 2 is 1.96 bits per heavy atom. The minimum absolute atomic E-state index is 0.192. The number of hydrogen-bond donors (Lipinski definition) is 0. The van der Waals surface area contributed by atoms with Gasteiger partial charge in [-0.05, 0) is 37.4 Å². The summed E-state index contributed by atoms with van der Waals surface area (Å²) in [6.07, 6.45) is 2.97. The molecule has 7 nitrogen and oxygen atoms in total. The minimum Gasteiger partial charge on any atom is -0.434 e. The molecule has 0 heterocycles. The molecule has 0 bridgehead atoms. The third kappa shape index (κ3) is 10.2. The first-order valence-electron chi connectivity index (χ1n) is 8.41. The van der Waals surface area contributed by atoms with E-state index < -0.39 is 12.1 Å². The van der Waals surface area contributed by atoms with Crippen LogP contribution in [0.3, 0.4) is 0 Å². The van der Waals surface area contributed by atoms with Crippen molar-refractivity contribution in [1.29, 1.82) is 0 Å². The number of esters is 1. The van der Waals surface area contributed by atoms with Crippen LogP contribution in [0, 0.1) is 0 Å². The molecule has 0 aromatic heterocycles. The molecule has 0 fully saturated rings. The highest BCUT2D eigenvalue weighted by Gasteiger charge is 2.11. The average molecular weight is 398 g/mol. The van der Waals surface area contributed by atoms with Crippen LogP contribution < -0.4 is 0 Å². The first-order chi connectivity index (χ1) is 12.5. The van der Waals surface area contributed by atoms with Crippen LogP contribution in [0.5, 0.6) is 0 Å². The number of carbonyl (C=O) groups excluding carboxylic acids is 2. The summed E-state index contributed by atoms with van der Waals surface area (Å²) in [5.74, 6) is -0.536. The Balaban J connectivity index is 2.11. The van der Waals surface area contributed by atoms with Crippen molar-refractivity contribution in [3.63, 3.8) is 0 Å². The standard InChI is InChI=1S/C17H23N3O4S2/c1-3-23-17(22)24-16(21)8-6-4-5-7-13(2)25-26-15-11-9-14(10-12-15)19-20-18/h9-13H,3-8H2,1-2H3. The number of unbranched alkanes of at least 4 members (excludes halogenated alkanes) is 2. The fourth-order valence-corrected chi connectivity index (χ4v) is 4.21. The highest BCUT2D eigenvalue weighted by Crippen LogP contribution is 2.36. The largest absolute Gasteiger partial charge is 0.516 e. The summed E-state index contributed by atoms with van der Waals surface area (Å²) in [7, 11) is 3.48. The van der Waals surface area contributed by atoms with Crippen LogP contribution in [0.2, 0.25) is 0 Å². The molecule has 142 valence electrons. The van der Waals surface area contributed by atoms with E-state index in [1.165, 1.54) is 0 Å². The van der Waals surface area contributed by atoms with E-state index in [2.05, 4.69) is 26.4 Å². The van der Waals surface area contributed by atoms with Crippen molar-refractivity contribution in [2.75, 3.05) is 6.61 Å². The summed E-state index contributed by atoms with van der Waals surface area (Å²) in [6, 6.07) is 7.46. The van der Waals surface area contributed by atoms with Gasteiger partial charge in [-0.15, -0.1) is 0 Å². The summed E-state index contributed by atoms with van der Waals surface area (Å²) in [5.41, 5.74) is 8.99. The molecule has 0 radical (unpaired) electrons. The highest BCUT2D eigenvalue weighted by atomic mass is 33.1. The lowest BCUT2D eigenvalue weighted by Crippen LogP contribution is -2.13. The zero-order valence-corrected chi connectivity index (χ0v) is 16.6. The molecule has 0 amide bonds. The SMILES string of the molecule is CCOC(=O)OC(=O)CCCCCC(C)SSc1ccc(N=[N+]=[N-])cc1. The Hall–Kier alpha value is -1.83. The van der Waals surface area contributed by atoms with Crippen LogP contribution in [0.15, 0.2) is 34.3 Å². The predicted molar refractivity (Wildman–Crippen MR) is 104 cm³/mol. The van der Waals surface area contributed by atoms with Crippen LogP contribution in [0.1, 0.15) is 46.0 Å². The molecule has 1 atom stereocenters. The first kappa shape index (κ1) is 22.2. The summed E-state index contributed by atoms with van der Waals surface area (Å²) in [4.78, 5) is 26.2. The molecule has 1 aromatic carbocycles. The fraction of sp³-hybridized carbons (Fsp3) is 0.529. The van der Waals surface area contributed by atoms with E-state index in [0.29, 0.717) is 17.4 Å². The zero-order valence-electron chi connectivity index (χ0n) is 14.9. The van der Waals surface area contributed by atoms with Gasteiger partial charge in [0.05, 0.1) is 6.61 Å². The topological polar surface area (TPSA) is 101 Å². The van der Waals surface area contributed by atoms with Gasteiger partial charge in [-0.1, -0.05) is 58.6 Å². The van der Waals surface area contributed by atoms with Crippen molar-refractivity contribution in [3.8, 4) is 0 Å². The van der Waals surface area contributed by atoms with E-state index in [1.54, 1.807) is 40.6 Å². The van der Waals surface area contributed by atoms with Gasteiger partial charge in [-0.3, -0.25) is 4.79 Å². The Kier molecular flexibility index (Phi) is 11.4. The molecular weight excluding hydrogens is 374 g/mol. The maximum atomic E-state index is 11.4. The van der Waals surface area contributed by atoms with Crippen LogP contribution in [-0.2, 0) is 14.3 Å². The molecule has 0 spiro atoms. The van der Waals surface area contributed by atoms with Crippen LogP contribution >= 0.6 is 21.6 Å². The van der Waals surface area contributed by atoms with Gasteiger partial charge in [0.1, 0.15) is 0 Å². The fourth-order valence-electron chi connectivity index (χ4n) is 1.98. The van der Waals surface area contributed by atoms with E-state index in [-0.39, 0.29) is 13.0 Å². The summed E-state index contributed by atoms with van der Waals surface area (Å²) in [6.45, 7) is 4.01. The maximum Gasteiger partial charge on any atom is 0.516 e. The second-order valence-electron chi connectivity index (χ2n) is 5.43. The van der Waals surface area contributed by atoms with Crippen molar-refractivity contribution in [2.45, 2.75) is 56.1 Å². The van der Waals surface area contributed by atoms with Gasteiger partial charge in [-0.2, -0.15) is 0 Å². The second-order valence-corrected chi connectivity index (χ2v) is 8.14. The van der Waals surface area contributed by atoms with Crippen molar-refractivity contribution < 1.29 is 19.1 Å². The van der Waals surface area contributed by atoms with Gasteiger partial charge in [0.25, 0.3) is 0 Å². The predicted octanol–water partition coefficient (Wildman–Crippen LogP) is 6.41. The number of ether oxygens (including phenoxy) is 2. The van der Waals surface area contributed by atoms with Crippen LogP contribution in [0.4, 0.5) is 10.5 Å².